The molecule has 5 heteroatoms. The molecular formula is C16H25N3O2. The van der Waals surface area contributed by atoms with E-state index in [0.717, 1.165) is 25.2 Å². The molecule has 0 aliphatic carbocycles. The number of ether oxygens (including phenoxy) is 1. The van der Waals surface area contributed by atoms with Crippen molar-refractivity contribution in [3.05, 3.63) is 24.3 Å². The summed E-state index contributed by atoms with van der Waals surface area (Å²) in [5.41, 5.74) is 6.79. The van der Waals surface area contributed by atoms with Crippen LogP contribution in [-0.4, -0.2) is 43.1 Å². The van der Waals surface area contributed by atoms with Gasteiger partial charge < -0.3 is 15.8 Å². The molecule has 0 spiro atoms. The van der Waals surface area contributed by atoms with E-state index in [-0.39, 0.29) is 11.9 Å². The number of piperidine rings is 1. The van der Waals surface area contributed by atoms with Crippen molar-refractivity contribution in [2.75, 3.05) is 31.6 Å². The number of nitrogens with one attached hydrogen (secondary N) is 1. The molecule has 1 fully saturated rings. The number of anilines is 1. The highest BCUT2D eigenvalue weighted by Gasteiger charge is 2.24. The summed E-state index contributed by atoms with van der Waals surface area (Å²) in [7, 11) is 0. The lowest BCUT2D eigenvalue weighted by molar-refractivity contribution is -0.117. The Balaban J connectivity index is 1.90. The fraction of sp³-hybridized carbons (Fsp3) is 0.562. The summed E-state index contributed by atoms with van der Waals surface area (Å²) in [6, 6.07) is 7.65. The van der Waals surface area contributed by atoms with Gasteiger partial charge in [0.1, 0.15) is 5.75 Å². The number of hydrogen-bond acceptors (Lipinski definition) is 4. The maximum absolute atomic E-state index is 12.2. The Morgan fingerprint density at radius 1 is 1.48 bits per heavy atom. The minimum Gasteiger partial charge on any atom is -0.492 e. The Hall–Kier alpha value is -1.59. The molecule has 0 radical (unpaired) electrons. The van der Waals surface area contributed by atoms with E-state index in [9.17, 15) is 4.79 Å². The second-order valence-electron chi connectivity index (χ2n) is 5.64. The zero-order valence-electron chi connectivity index (χ0n) is 12.8. The number of carbonyl (C=O) groups excluding carboxylic acids is 1. The van der Waals surface area contributed by atoms with Gasteiger partial charge >= 0.3 is 0 Å². The van der Waals surface area contributed by atoms with Gasteiger partial charge in [0.2, 0.25) is 5.91 Å². The number of rotatable bonds is 5. The number of hydrogen-bond donors (Lipinski definition) is 2. The molecule has 1 amide bonds. The van der Waals surface area contributed by atoms with Crippen LogP contribution in [0.3, 0.4) is 0 Å². The predicted molar refractivity (Wildman–Crippen MR) is 84.4 cm³/mol. The second-order valence-corrected chi connectivity index (χ2v) is 5.64. The number of nitrogens with zero attached hydrogens (tertiary/aromatic N) is 1. The highest BCUT2D eigenvalue weighted by atomic mass is 16.5. The van der Waals surface area contributed by atoms with Crippen LogP contribution in [0.5, 0.6) is 5.75 Å². The van der Waals surface area contributed by atoms with Crippen molar-refractivity contribution in [1.82, 2.24) is 4.90 Å². The molecule has 5 nitrogen and oxygen atoms in total. The molecule has 1 aromatic carbocycles. The average molecular weight is 291 g/mol. The summed E-state index contributed by atoms with van der Waals surface area (Å²) >= 11 is 0. The lowest BCUT2D eigenvalue weighted by Gasteiger charge is -2.34. The number of nitrogens with two attached hydrogens (primary N) is 1. The van der Waals surface area contributed by atoms with Crippen molar-refractivity contribution in [2.45, 2.75) is 26.3 Å². The van der Waals surface area contributed by atoms with E-state index in [2.05, 4.69) is 17.1 Å². The molecule has 1 aromatic rings. The van der Waals surface area contributed by atoms with Gasteiger partial charge in [-0.2, -0.15) is 0 Å². The Morgan fingerprint density at radius 3 is 2.95 bits per heavy atom. The largest absolute Gasteiger partial charge is 0.492 e. The monoisotopic (exact) mass is 291 g/mol. The number of amides is 1. The first-order valence-corrected chi connectivity index (χ1v) is 7.59. The van der Waals surface area contributed by atoms with Crippen molar-refractivity contribution in [3.63, 3.8) is 0 Å². The van der Waals surface area contributed by atoms with E-state index in [4.69, 9.17) is 10.5 Å². The summed E-state index contributed by atoms with van der Waals surface area (Å²) in [6.07, 6.45) is 1.05. The Labute approximate surface area is 126 Å². The molecule has 0 saturated carbocycles. The topological polar surface area (TPSA) is 67.6 Å². The van der Waals surface area contributed by atoms with E-state index in [0.29, 0.717) is 24.8 Å². The van der Waals surface area contributed by atoms with Gasteiger partial charge in [-0.1, -0.05) is 19.1 Å². The molecular weight excluding hydrogens is 266 g/mol. The van der Waals surface area contributed by atoms with Crippen LogP contribution in [0.4, 0.5) is 5.69 Å². The number of likely N-dealkylation sites (tertiary alicyclic amines) is 1. The molecule has 116 valence electrons. The van der Waals surface area contributed by atoms with Gasteiger partial charge in [-0.15, -0.1) is 0 Å². The molecule has 1 saturated heterocycles. The fourth-order valence-corrected chi connectivity index (χ4v) is 2.56. The average Bonchev–Trinajstić information content (AvgIpc) is 2.45. The molecule has 2 unspecified atom stereocenters. The lowest BCUT2D eigenvalue weighted by Crippen LogP contribution is -2.49. The first-order chi connectivity index (χ1) is 10.1. The molecule has 1 aliphatic rings. The van der Waals surface area contributed by atoms with Crippen LogP contribution in [-0.2, 0) is 4.79 Å². The standard InChI is InChI=1S/C16H25N3O2/c1-3-21-15-7-5-4-6-14(15)18-16(20)11-19-9-8-12(2)13(17)10-19/h4-7,12-13H,3,8-11,17H2,1-2H3,(H,18,20). The summed E-state index contributed by atoms with van der Waals surface area (Å²) < 4.78 is 5.51. The van der Waals surface area contributed by atoms with Crippen LogP contribution in [0.1, 0.15) is 20.3 Å². The Kier molecular flexibility index (Phi) is 5.59. The summed E-state index contributed by atoms with van der Waals surface area (Å²) in [6.45, 7) is 6.75. The normalized spacial score (nSPS) is 22.8. The number of para-hydroxylation sites is 2. The highest BCUT2D eigenvalue weighted by molar-refractivity contribution is 5.93. The molecule has 21 heavy (non-hydrogen) atoms. The molecule has 0 bridgehead atoms. The van der Waals surface area contributed by atoms with Crippen molar-refractivity contribution >= 4 is 11.6 Å². The SMILES string of the molecule is CCOc1ccccc1NC(=O)CN1CCC(C)C(N)C1. The van der Waals surface area contributed by atoms with Crippen molar-refractivity contribution in [2.24, 2.45) is 11.7 Å². The van der Waals surface area contributed by atoms with E-state index < -0.39 is 0 Å². The van der Waals surface area contributed by atoms with Gasteiger partial charge in [-0.25, -0.2) is 0 Å². The third-order valence-corrected chi connectivity index (χ3v) is 3.93. The number of benzene rings is 1. The quantitative estimate of drug-likeness (QED) is 0.866. The van der Waals surface area contributed by atoms with E-state index in [1.165, 1.54) is 0 Å². The Bertz CT molecular complexity index is 478. The molecule has 2 atom stereocenters. The van der Waals surface area contributed by atoms with Crippen LogP contribution >= 0.6 is 0 Å². The number of carbonyl (C=O) groups is 1. The van der Waals surface area contributed by atoms with Crippen LogP contribution in [0, 0.1) is 5.92 Å². The van der Waals surface area contributed by atoms with Gasteiger partial charge in [0.05, 0.1) is 18.8 Å². The van der Waals surface area contributed by atoms with E-state index >= 15 is 0 Å². The summed E-state index contributed by atoms with van der Waals surface area (Å²) in [5.74, 6) is 1.21. The van der Waals surface area contributed by atoms with Crippen LogP contribution in [0.25, 0.3) is 0 Å². The first kappa shape index (κ1) is 15.8. The molecule has 1 aliphatic heterocycles. The minimum absolute atomic E-state index is 0.0242. The zero-order valence-corrected chi connectivity index (χ0v) is 12.8. The van der Waals surface area contributed by atoms with E-state index in [1.807, 2.05) is 31.2 Å². The minimum atomic E-state index is -0.0242. The highest BCUT2D eigenvalue weighted by Crippen LogP contribution is 2.23. The second kappa shape index (κ2) is 7.43. The third kappa shape index (κ3) is 4.44. The summed E-state index contributed by atoms with van der Waals surface area (Å²) in [4.78, 5) is 14.3. The van der Waals surface area contributed by atoms with Crippen molar-refractivity contribution < 1.29 is 9.53 Å². The van der Waals surface area contributed by atoms with Crippen LogP contribution in [0.2, 0.25) is 0 Å². The maximum atomic E-state index is 12.2. The predicted octanol–water partition coefficient (Wildman–Crippen LogP) is 1.69. The van der Waals surface area contributed by atoms with Gasteiger partial charge in [0, 0.05) is 12.6 Å². The molecule has 1 heterocycles. The van der Waals surface area contributed by atoms with Gasteiger partial charge in [-0.3, -0.25) is 9.69 Å². The fourth-order valence-electron chi connectivity index (χ4n) is 2.56. The molecule has 2 rings (SSSR count). The van der Waals surface area contributed by atoms with Crippen LogP contribution < -0.4 is 15.8 Å². The van der Waals surface area contributed by atoms with Crippen LogP contribution in [0.15, 0.2) is 24.3 Å². The smallest absolute Gasteiger partial charge is 0.238 e. The third-order valence-electron chi connectivity index (χ3n) is 3.93. The van der Waals surface area contributed by atoms with Gasteiger partial charge in [0.25, 0.3) is 0 Å². The zero-order chi connectivity index (χ0) is 15.2. The van der Waals surface area contributed by atoms with Gasteiger partial charge in [0.15, 0.2) is 0 Å². The molecule has 0 aromatic heterocycles. The molecule has 3 N–H and O–H groups in total. The maximum Gasteiger partial charge on any atom is 0.238 e. The van der Waals surface area contributed by atoms with E-state index in [1.54, 1.807) is 0 Å². The van der Waals surface area contributed by atoms with Crippen molar-refractivity contribution in [1.29, 1.82) is 0 Å². The van der Waals surface area contributed by atoms with Gasteiger partial charge in [-0.05, 0) is 37.9 Å². The first-order valence-electron chi connectivity index (χ1n) is 7.59. The lowest BCUT2D eigenvalue weighted by atomic mass is 9.94. The van der Waals surface area contributed by atoms with Crippen molar-refractivity contribution in [3.8, 4) is 5.75 Å². The summed E-state index contributed by atoms with van der Waals surface area (Å²) in [5, 5.41) is 2.92. The Morgan fingerprint density at radius 2 is 2.24 bits per heavy atom.